The van der Waals surface area contributed by atoms with Crippen LogP contribution in [0.3, 0.4) is 0 Å². The van der Waals surface area contributed by atoms with Crippen LogP contribution in [0, 0.1) is 0 Å². The monoisotopic (exact) mass is 239 g/mol. The molecule has 4 nitrogen and oxygen atoms in total. The van der Waals surface area contributed by atoms with Gasteiger partial charge in [-0.1, -0.05) is 0 Å². The summed E-state index contributed by atoms with van der Waals surface area (Å²) in [7, 11) is 0. The lowest BCUT2D eigenvalue weighted by atomic mass is 10.3. The normalized spacial score (nSPS) is 10.5. The molecule has 0 atom stereocenters. The van der Waals surface area contributed by atoms with Gasteiger partial charge in [0.2, 0.25) is 0 Å². The van der Waals surface area contributed by atoms with Crippen LogP contribution in [0.1, 0.15) is 10.5 Å². The molecule has 2 rings (SSSR count). The molecular weight excluding hydrogens is 234 g/mol. The maximum absolute atomic E-state index is 11.1. The molecule has 13 heavy (non-hydrogen) atoms. The summed E-state index contributed by atoms with van der Waals surface area (Å²) in [5, 5.41) is 0. The van der Waals surface area contributed by atoms with Crippen molar-refractivity contribution in [3.8, 4) is 0 Å². The molecule has 0 fully saturated rings. The van der Waals surface area contributed by atoms with E-state index in [9.17, 15) is 4.79 Å². The van der Waals surface area contributed by atoms with Crippen LogP contribution in [0.4, 0.5) is 0 Å². The van der Waals surface area contributed by atoms with Crippen LogP contribution in [0.15, 0.2) is 29.0 Å². The number of imidazole rings is 1. The number of halogens is 1. The van der Waals surface area contributed by atoms with Crippen molar-refractivity contribution in [2.75, 3.05) is 0 Å². The van der Waals surface area contributed by atoms with E-state index in [0.717, 1.165) is 0 Å². The second-order valence-corrected chi connectivity index (χ2v) is 3.40. The second-order valence-electron chi connectivity index (χ2n) is 2.55. The number of fused-ring (bicyclic) bond motifs is 1. The van der Waals surface area contributed by atoms with E-state index in [1.54, 1.807) is 28.9 Å². The second kappa shape index (κ2) is 2.85. The summed E-state index contributed by atoms with van der Waals surface area (Å²) in [4.78, 5) is 15.1. The molecule has 0 unspecified atom stereocenters. The average Bonchev–Trinajstić information content (AvgIpc) is 2.50. The molecule has 0 aliphatic rings. The number of carbonyl (C=O) groups excluding carboxylic acids is 1. The van der Waals surface area contributed by atoms with Crippen LogP contribution in [0.2, 0.25) is 0 Å². The SMILES string of the molecule is NC(=O)c1c(Br)ccc2nccn12. The fourth-order valence-corrected chi connectivity index (χ4v) is 1.72. The van der Waals surface area contributed by atoms with Crippen LogP contribution < -0.4 is 5.73 Å². The van der Waals surface area contributed by atoms with Crippen LogP contribution in [-0.4, -0.2) is 15.3 Å². The fraction of sp³-hybridized carbons (Fsp3) is 0. The molecule has 0 aliphatic carbocycles. The Labute approximate surface area is 82.5 Å². The minimum Gasteiger partial charge on any atom is -0.364 e. The van der Waals surface area contributed by atoms with Gasteiger partial charge in [0.1, 0.15) is 11.3 Å². The number of hydrogen-bond acceptors (Lipinski definition) is 2. The Balaban J connectivity index is 2.88. The third-order valence-corrected chi connectivity index (χ3v) is 2.39. The first-order valence-electron chi connectivity index (χ1n) is 3.61. The minimum absolute atomic E-state index is 0.412. The van der Waals surface area contributed by atoms with Gasteiger partial charge in [-0.05, 0) is 28.1 Å². The summed E-state index contributed by atoms with van der Waals surface area (Å²) >= 11 is 3.25. The molecule has 2 heterocycles. The first-order valence-corrected chi connectivity index (χ1v) is 4.41. The van der Waals surface area contributed by atoms with Gasteiger partial charge in [-0.15, -0.1) is 0 Å². The minimum atomic E-state index is -0.476. The van der Waals surface area contributed by atoms with Gasteiger partial charge in [0, 0.05) is 16.9 Å². The summed E-state index contributed by atoms with van der Waals surface area (Å²) in [6.07, 6.45) is 3.31. The van der Waals surface area contributed by atoms with E-state index in [1.807, 2.05) is 0 Å². The molecule has 1 amide bonds. The third-order valence-electron chi connectivity index (χ3n) is 1.75. The maximum atomic E-state index is 11.1. The predicted octanol–water partition coefficient (Wildman–Crippen LogP) is 1.20. The largest absolute Gasteiger partial charge is 0.364 e. The van der Waals surface area contributed by atoms with E-state index in [2.05, 4.69) is 20.9 Å². The van der Waals surface area contributed by atoms with Gasteiger partial charge in [-0.2, -0.15) is 0 Å². The Morgan fingerprint density at radius 1 is 1.54 bits per heavy atom. The summed E-state index contributed by atoms with van der Waals surface area (Å²) in [6, 6.07) is 3.55. The van der Waals surface area contributed by atoms with E-state index in [0.29, 0.717) is 15.8 Å². The van der Waals surface area contributed by atoms with Gasteiger partial charge in [-0.25, -0.2) is 4.98 Å². The molecule has 0 aliphatic heterocycles. The van der Waals surface area contributed by atoms with Crippen LogP contribution in [0.25, 0.3) is 5.65 Å². The lowest BCUT2D eigenvalue weighted by Gasteiger charge is -2.02. The molecule has 2 aromatic heterocycles. The molecule has 2 aromatic rings. The van der Waals surface area contributed by atoms with E-state index < -0.39 is 5.91 Å². The molecule has 0 spiro atoms. The van der Waals surface area contributed by atoms with E-state index in [4.69, 9.17) is 5.73 Å². The Morgan fingerprint density at radius 2 is 2.31 bits per heavy atom. The number of rotatable bonds is 1. The van der Waals surface area contributed by atoms with Crippen LogP contribution in [-0.2, 0) is 0 Å². The molecular formula is C8H6BrN3O. The molecule has 0 radical (unpaired) electrons. The molecule has 0 aromatic carbocycles. The van der Waals surface area contributed by atoms with Crippen molar-refractivity contribution in [2.45, 2.75) is 0 Å². The van der Waals surface area contributed by atoms with E-state index in [-0.39, 0.29) is 0 Å². The lowest BCUT2D eigenvalue weighted by Crippen LogP contribution is -2.16. The van der Waals surface area contributed by atoms with E-state index >= 15 is 0 Å². The summed E-state index contributed by atoms with van der Waals surface area (Å²) in [5.74, 6) is -0.476. The van der Waals surface area contributed by atoms with Gasteiger partial charge in [0.25, 0.3) is 5.91 Å². The Hall–Kier alpha value is -1.36. The topological polar surface area (TPSA) is 60.4 Å². The van der Waals surface area contributed by atoms with Crippen LogP contribution >= 0.6 is 15.9 Å². The molecule has 66 valence electrons. The van der Waals surface area contributed by atoms with Gasteiger partial charge < -0.3 is 5.73 Å². The van der Waals surface area contributed by atoms with E-state index in [1.165, 1.54) is 0 Å². The molecule has 0 saturated heterocycles. The highest BCUT2D eigenvalue weighted by Crippen LogP contribution is 2.17. The fourth-order valence-electron chi connectivity index (χ4n) is 1.21. The predicted molar refractivity (Wildman–Crippen MR) is 51.4 cm³/mol. The zero-order chi connectivity index (χ0) is 9.42. The number of amides is 1. The smallest absolute Gasteiger partial charge is 0.266 e. The number of nitrogens with zero attached hydrogens (tertiary/aromatic N) is 2. The molecule has 0 bridgehead atoms. The van der Waals surface area contributed by atoms with Crippen molar-refractivity contribution >= 4 is 27.5 Å². The van der Waals surface area contributed by atoms with Crippen molar-refractivity contribution in [3.05, 3.63) is 34.7 Å². The van der Waals surface area contributed by atoms with Gasteiger partial charge in [0.15, 0.2) is 0 Å². The highest BCUT2D eigenvalue weighted by Gasteiger charge is 2.10. The summed E-state index contributed by atoms with van der Waals surface area (Å²) in [5.41, 5.74) is 6.34. The van der Waals surface area contributed by atoms with Gasteiger partial charge in [0.05, 0.1) is 0 Å². The standard InChI is InChI=1S/C8H6BrN3O/c9-5-1-2-6-11-3-4-12(6)7(5)8(10)13/h1-4H,(H2,10,13). The quantitative estimate of drug-likeness (QED) is 0.813. The zero-order valence-electron chi connectivity index (χ0n) is 6.57. The Bertz CT molecular complexity index is 477. The molecule has 2 N–H and O–H groups in total. The van der Waals surface area contributed by atoms with Crippen molar-refractivity contribution in [3.63, 3.8) is 0 Å². The zero-order valence-corrected chi connectivity index (χ0v) is 8.15. The Kier molecular flexibility index (Phi) is 1.81. The maximum Gasteiger partial charge on any atom is 0.266 e. The summed E-state index contributed by atoms with van der Waals surface area (Å²) in [6.45, 7) is 0. The lowest BCUT2D eigenvalue weighted by molar-refractivity contribution is 0.0993. The number of primary amides is 1. The van der Waals surface area contributed by atoms with Crippen LogP contribution in [0.5, 0.6) is 0 Å². The number of carbonyl (C=O) groups is 1. The average molecular weight is 240 g/mol. The highest BCUT2D eigenvalue weighted by molar-refractivity contribution is 9.10. The van der Waals surface area contributed by atoms with Crippen molar-refractivity contribution in [1.29, 1.82) is 0 Å². The van der Waals surface area contributed by atoms with Crippen molar-refractivity contribution in [1.82, 2.24) is 9.38 Å². The van der Waals surface area contributed by atoms with Gasteiger partial charge in [-0.3, -0.25) is 9.20 Å². The first kappa shape index (κ1) is 8.25. The van der Waals surface area contributed by atoms with Crippen molar-refractivity contribution in [2.24, 2.45) is 5.73 Å². The summed E-state index contributed by atoms with van der Waals surface area (Å²) < 4.78 is 2.32. The number of pyridine rings is 1. The highest BCUT2D eigenvalue weighted by atomic mass is 79.9. The molecule has 5 heteroatoms. The first-order chi connectivity index (χ1) is 6.20. The number of nitrogens with two attached hydrogens (primary N) is 1. The molecule has 0 saturated carbocycles. The number of hydrogen-bond donors (Lipinski definition) is 1. The number of aromatic nitrogens is 2. The van der Waals surface area contributed by atoms with Gasteiger partial charge >= 0.3 is 0 Å². The third kappa shape index (κ3) is 1.21. The van der Waals surface area contributed by atoms with Crippen molar-refractivity contribution < 1.29 is 4.79 Å². The Morgan fingerprint density at radius 3 is 3.00 bits per heavy atom.